The van der Waals surface area contributed by atoms with E-state index < -0.39 is 10.9 Å². The predicted octanol–water partition coefficient (Wildman–Crippen LogP) is 1.60. The Labute approximate surface area is 128 Å². The second-order valence-electron chi connectivity index (χ2n) is 4.42. The summed E-state index contributed by atoms with van der Waals surface area (Å²) in [4.78, 5) is 24.3. The molecule has 0 bridgehead atoms. The minimum Gasteiger partial charge on any atom is -0.462 e. The Morgan fingerprint density at radius 3 is 2.67 bits per heavy atom. The van der Waals surface area contributed by atoms with Crippen LogP contribution in [0.4, 0.5) is 11.4 Å². The number of carbonyl (C=O) groups excluding carboxylic acids is 1. The van der Waals surface area contributed by atoms with Crippen LogP contribution in [0.5, 0.6) is 0 Å². The maximum atomic E-state index is 11.6. The lowest BCUT2D eigenvalue weighted by atomic mass is 10.1. The van der Waals surface area contributed by atoms with Crippen molar-refractivity contribution < 1.29 is 14.5 Å². The highest BCUT2D eigenvalue weighted by molar-refractivity contribution is 5.91. The van der Waals surface area contributed by atoms with Gasteiger partial charge in [0.2, 0.25) is 0 Å². The molecule has 0 radical (unpaired) electrons. The van der Waals surface area contributed by atoms with Crippen LogP contribution in [0.15, 0.2) is 18.2 Å². The maximum absolute atomic E-state index is 11.6. The highest BCUT2D eigenvalue weighted by Crippen LogP contribution is 2.29. The molecule has 1 aromatic rings. The number of piperazine rings is 1. The molecule has 1 fully saturated rings. The predicted molar refractivity (Wildman–Crippen MR) is 81.4 cm³/mol. The summed E-state index contributed by atoms with van der Waals surface area (Å²) in [6.45, 7) is 4.93. The number of ether oxygens (including phenoxy) is 1. The lowest BCUT2D eigenvalue weighted by Gasteiger charge is -2.29. The van der Waals surface area contributed by atoms with Crippen molar-refractivity contribution in [2.24, 2.45) is 0 Å². The first-order valence-electron chi connectivity index (χ1n) is 6.54. The average molecular weight is 316 g/mol. The molecular weight excluding hydrogens is 298 g/mol. The minimum absolute atomic E-state index is 0. The summed E-state index contributed by atoms with van der Waals surface area (Å²) in [5.41, 5.74) is 0.694. The standard InChI is InChI=1S/C13H17N3O4.ClH/c1-2-20-13(17)10-3-4-11(12(9-10)16(18)19)15-7-5-14-6-8-15;/h3-4,9,14H,2,5-8H2,1H3;1H. The normalized spacial score (nSPS) is 14.2. The van der Waals surface area contributed by atoms with Crippen LogP contribution in [-0.4, -0.2) is 43.7 Å². The van der Waals surface area contributed by atoms with Gasteiger partial charge in [-0.15, -0.1) is 12.4 Å². The molecule has 116 valence electrons. The van der Waals surface area contributed by atoms with Gasteiger partial charge >= 0.3 is 5.97 Å². The monoisotopic (exact) mass is 315 g/mol. The quantitative estimate of drug-likeness (QED) is 0.516. The van der Waals surface area contributed by atoms with E-state index in [0.717, 1.165) is 13.1 Å². The molecule has 7 nitrogen and oxygen atoms in total. The number of anilines is 1. The van der Waals surface area contributed by atoms with Crippen molar-refractivity contribution in [3.8, 4) is 0 Å². The van der Waals surface area contributed by atoms with Gasteiger partial charge in [-0.3, -0.25) is 10.1 Å². The van der Waals surface area contributed by atoms with Crippen LogP contribution >= 0.6 is 12.4 Å². The lowest BCUT2D eigenvalue weighted by molar-refractivity contribution is -0.384. The molecule has 0 spiro atoms. The molecule has 0 atom stereocenters. The van der Waals surface area contributed by atoms with E-state index in [-0.39, 0.29) is 30.3 Å². The summed E-state index contributed by atoms with van der Waals surface area (Å²) in [5, 5.41) is 14.4. The van der Waals surface area contributed by atoms with Gasteiger partial charge in [0.1, 0.15) is 5.69 Å². The van der Waals surface area contributed by atoms with E-state index in [0.29, 0.717) is 18.8 Å². The first-order valence-corrected chi connectivity index (χ1v) is 6.54. The van der Waals surface area contributed by atoms with E-state index in [1.165, 1.54) is 6.07 Å². The first kappa shape index (κ1) is 17.2. The third-order valence-electron chi connectivity index (χ3n) is 3.14. The van der Waals surface area contributed by atoms with Gasteiger partial charge in [0.15, 0.2) is 0 Å². The Hall–Kier alpha value is -1.86. The topological polar surface area (TPSA) is 84.7 Å². The van der Waals surface area contributed by atoms with Gasteiger partial charge in [-0.05, 0) is 19.1 Å². The number of carbonyl (C=O) groups is 1. The van der Waals surface area contributed by atoms with Crippen LogP contribution in [-0.2, 0) is 4.74 Å². The number of nitrogens with zero attached hydrogens (tertiary/aromatic N) is 2. The van der Waals surface area contributed by atoms with E-state index in [4.69, 9.17) is 4.74 Å². The third-order valence-corrected chi connectivity index (χ3v) is 3.14. The Kier molecular flexibility index (Phi) is 6.39. The van der Waals surface area contributed by atoms with Crippen molar-refractivity contribution in [2.45, 2.75) is 6.92 Å². The van der Waals surface area contributed by atoms with Crippen molar-refractivity contribution in [3.05, 3.63) is 33.9 Å². The van der Waals surface area contributed by atoms with E-state index in [2.05, 4.69) is 5.32 Å². The number of hydrogen-bond acceptors (Lipinski definition) is 6. The molecule has 1 aliphatic rings. The molecule has 0 amide bonds. The number of rotatable bonds is 4. The third kappa shape index (κ3) is 4.05. The van der Waals surface area contributed by atoms with Crippen molar-refractivity contribution in [1.82, 2.24) is 5.32 Å². The minimum atomic E-state index is -0.539. The average Bonchev–Trinajstić information content (AvgIpc) is 2.47. The van der Waals surface area contributed by atoms with Crippen molar-refractivity contribution in [3.63, 3.8) is 0 Å². The van der Waals surface area contributed by atoms with Crippen molar-refractivity contribution in [1.29, 1.82) is 0 Å². The highest BCUT2D eigenvalue weighted by atomic mass is 35.5. The smallest absolute Gasteiger partial charge is 0.338 e. The fraction of sp³-hybridized carbons (Fsp3) is 0.462. The van der Waals surface area contributed by atoms with Gasteiger partial charge in [0.05, 0.1) is 17.1 Å². The van der Waals surface area contributed by atoms with E-state index in [9.17, 15) is 14.9 Å². The van der Waals surface area contributed by atoms with Crippen LogP contribution in [0.3, 0.4) is 0 Å². The van der Waals surface area contributed by atoms with Gasteiger partial charge < -0.3 is 15.0 Å². The number of hydrogen-bond donors (Lipinski definition) is 1. The SMILES string of the molecule is CCOC(=O)c1ccc(N2CCNCC2)c([N+](=O)[O-])c1.Cl. The molecule has 0 saturated carbocycles. The highest BCUT2D eigenvalue weighted by Gasteiger charge is 2.23. The summed E-state index contributed by atoms with van der Waals surface area (Å²) in [7, 11) is 0. The van der Waals surface area contributed by atoms with E-state index in [1.807, 2.05) is 4.90 Å². The van der Waals surface area contributed by atoms with Crippen molar-refractivity contribution >= 4 is 29.8 Å². The van der Waals surface area contributed by atoms with Crippen LogP contribution < -0.4 is 10.2 Å². The molecule has 1 aliphatic heterocycles. The zero-order chi connectivity index (χ0) is 14.5. The van der Waals surface area contributed by atoms with E-state index >= 15 is 0 Å². The zero-order valence-electron chi connectivity index (χ0n) is 11.7. The lowest BCUT2D eigenvalue weighted by Crippen LogP contribution is -2.43. The van der Waals surface area contributed by atoms with Gasteiger partial charge in [0, 0.05) is 32.2 Å². The largest absolute Gasteiger partial charge is 0.462 e. The summed E-state index contributed by atoms with van der Waals surface area (Å²) >= 11 is 0. The van der Waals surface area contributed by atoms with Gasteiger partial charge in [-0.1, -0.05) is 0 Å². The number of benzene rings is 1. The summed E-state index contributed by atoms with van der Waals surface area (Å²) in [6, 6.07) is 4.48. The van der Waals surface area contributed by atoms with E-state index in [1.54, 1.807) is 19.1 Å². The maximum Gasteiger partial charge on any atom is 0.338 e. The molecule has 0 unspecified atom stereocenters. The number of nitro groups is 1. The number of esters is 1. The second-order valence-corrected chi connectivity index (χ2v) is 4.42. The fourth-order valence-corrected chi connectivity index (χ4v) is 2.18. The first-order chi connectivity index (χ1) is 9.63. The molecule has 2 rings (SSSR count). The van der Waals surface area contributed by atoms with Gasteiger partial charge in [0.25, 0.3) is 5.69 Å². The number of halogens is 1. The summed E-state index contributed by atoms with van der Waals surface area (Å²) < 4.78 is 4.86. The summed E-state index contributed by atoms with van der Waals surface area (Å²) in [5.74, 6) is -0.539. The molecule has 1 heterocycles. The molecule has 0 aliphatic carbocycles. The molecular formula is C13H18ClN3O4. The number of nitro benzene ring substituents is 1. The molecule has 1 saturated heterocycles. The molecule has 0 aromatic heterocycles. The van der Waals surface area contributed by atoms with Gasteiger partial charge in [-0.2, -0.15) is 0 Å². The summed E-state index contributed by atoms with van der Waals surface area (Å²) in [6.07, 6.45) is 0. The molecule has 1 N–H and O–H groups in total. The van der Waals surface area contributed by atoms with Gasteiger partial charge in [-0.25, -0.2) is 4.79 Å². The molecule has 21 heavy (non-hydrogen) atoms. The number of nitrogens with one attached hydrogen (secondary N) is 1. The molecule has 1 aromatic carbocycles. The molecule has 8 heteroatoms. The van der Waals surface area contributed by atoms with Crippen molar-refractivity contribution in [2.75, 3.05) is 37.7 Å². The van der Waals surface area contributed by atoms with Crippen LogP contribution in [0, 0.1) is 10.1 Å². The Morgan fingerprint density at radius 1 is 1.43 bits per heavy atom. The Bertz CT molecular complexity index is 518. The van der Waals surface area contributed by atoms with Crippen LogP contribution in [0.25, 0.3) is 0 Å². The second kappa shape index (κ2) is 7.80. The Morgan fingerprint density at radius 2 is 2.10 bits per heavy atom. The van der Waals surface area contributed by atoms with Crippen LogP contribution in [0.2, 0.25) is 0 Å². The van der Waals surface area contributed by atoms with Crippen LogP contribution in [0.1, 0.15) is 17.3 Å². The fourth-order valence-electron chi connectivity index (χ4n) is 2.18. The Balaban J connectivity index is 0.00000220. The zero-order valence-corrected chi connectivity index (χ0v) is 12.5.